The van der Waals surface area contributed by atoms with Gasteiger partial charge in [0, 0.05) is 12.2 Å². The lowest BCUT2D eigenvalue weighted by molar-refractivity contribution is -0.136. The van der Waals surface area contributed by atoms with Crippen molar-refractivity contribution in [3.05, 3.63) is 29.3 Å². The van der Waals surface area contributed by atoms with Crippen LogP contribution in [-0.2, 0) is 11.3 Å². The molecular formula is C12H12N2O4S. The first-order valence-corrected chi connectivity index (χ1v) is 6.00. The Morgan fingerprint density at radius 2 is 2.11 bits per heavy atom. The summed E-state index contributed by atoms with van der Waals surface area (Å²) in [5.74, 6) is -2.00. The summed E-state index contributed by atoms with van der Waals surface area (Å²) in [5.41, 5.74) is 1.59. The highest BCUT2D eigenvalue weighted by Crippen LogP contribution is 2.22. The summed E-state index contributed by atoms with van der Waals surface area (Å²) < 4.78 is 0. The third-order valence-electron chi connectivity index (χ3n) is 2.83. The summed E-state index contributed by atoms with van der Waals surface area (Å²) in [6.45, 7) is 0.442. The van der Waals surface area contributed by atoms with Gasteiger partial charge in [-0.15, -0.1) is 0 Å². The van der Waals surface area contributed by atoms with Gasteiger partial charge in [0.25, 0.3) is 0 Å². The van der Waals surface area contributed by atoms with Gasteiger partial charge >= 0.3 is 11.9 Å². The molecule has 6 nitrogen and oxygen atoms in total. The summed E-state index contributed by atoms with van der Waals surface area (Å²) in [4.78, 5) is 22.1. The van der Waals surface area contributed by atoms with Crippen LogP contribution in [0, 0.1) is 0 Å². The van der Waals surface area contributed by atoms with E-state index in [4.69, 9.17) is 22.4 Å². The van der Waals surface area contributed by atoms with Crippen molar-refractivity contribution in [1.82, 2.24) is 5.32 Å². The molecule has 0 aromatic heterocycles. The van der Waals surface area contributed by atoms with Crippen LogP contribution >= 0.6 is 12.2 Å². The third-order valence-corrected chi connectivity index (χ3v) is 3.26. The molecule has 1 atom stereocenters. The summed E-state index contributed by atoms with van der Waals surface area (Å²) in [5, 5.41) is 23.8. The van der Waals surface area contributed by atoms with Crippen molar-refractivity contribution in [2.45, 2.75) is 19.0 Å². The molecule has 0 saturated carbocycles. The van der Waals surface area contributed by atoms with E-state index in [1.165, 1.54) is 12.1 Å². The third kappa shape index (κ3) is 3.00. The van der Waals surface area contributed by atoms with Crippen LogP contribution in [0.1, 0.15) is 22.3 Å². The quantitative estimate of drug-likeness (QED) is 0.615. The number of aromatic carboxylic acids is 1. The largest absolute Gasteiger partial charge is 0.481 e. The van der Waals surface area contributed by atoms with Gasteiger partial charge in [0.2, 0.25) is 0 Å². The predicted octanol–water partition coefficient (Wildman–Crippen LogP) is 1.07. The molecule has 7 heteroatoms. The van der Waals surface area contributed by atoms with Gasteiger partial charge in [-0.25, -0.2) is 4.79 Å². The molecule has 19 heavy (non-hydrogen) atoms. The highest BCUT2D eigenvalue weighted by atomic mass is 32.1. The number of benzene rings is 1. The van der Waals surface area contributed by atoms with Crippen molar-refractivity contribution in [1.29, 1.82) is 0 Å². The van der Waals surface area contributed by atoms with E-state index in [9.17, 15) is 9.59 Å². The van der Waals surface area contributed by atoms with Crippen molar-refractivity contribution in [3.8, 4) is 0 Å². The molecule has 0 amide bonds. The number of carboxylic acid groups (broad SMARTS) is 2. The number of hydrogen-bond acceptors (Lipinski definition) is 4. The number of carbonyl (C=O) groups is 2. The van der Waals surface area contributed by atoms with Gasteiger partial charge in [-0.05, 0) is 17.7 Å². The predicted molar refractivity (Wildman–Crippen MR) is 72.5 cm³/mol. The number of fused-ring (bicyclic) bond motifs is 1. The van der Waals surface area contributed by atoms with E-state index >= 15 is 0 Å². The fourth-order valence-electron chi connectivity index (χ4n) is 1.88. The Bertz CT molecular complexity index is 559. The number of hydrogen-bond donors (Lipinski definition) is 4. The van der Waals surface area contributed by atoms with Gasteiger partial charge in [0.05, 0.1) is 23.0 Å². The van der Waals surface area contributed by atoms with Gasteiger partial charge in [-0.1, -0.05) is 18.3 Å². The Labute approximate surface area is 114 Å². The fraction of sp³-hybridized carbons (Fsp3) is 0.250. The molecule has 1 aromatic rings. The zero-order valence-corrected chi connectivity index (χ0v) is 10.7. The Morgan fingerprint density at radius 3 is 2.74 bits per heavy atom. The van der Waals surface area contributed by atoms with E-state index in [1.54, 1.807) is 6.07 Å². The molecule has 0 aliphatic carbocycles. The number of carboxylic acids is 2. The standard InChI is InChI=1S/C12H12N2O4S/c15-10(16)4-9-11(19)13-5-7-2-1-6(12(17)18)3-8(7)14-9/h1-3,9,14H,4-5H2,(H,13,19)(H,15,16)(H,17,18)/t9-/m1/s1. The average Bonchev–Trinajstić information content (AvgIpc) is 2.48. The first kappa shape index (κ1) is 13.3. The zero-order valence-electron chi connectivity index (χ0n) is 9.84. The molecular weight excluding hydrogens is 268 g/mol. The van der Waals surface area contributed by atoms with E-state index in [0.29, 0.717) is 17.2 Å². The maximum atomic E-state index is 10.9. The molecule has 2 rings (SSSR count). The van der Waals surface area contributed by atoms with Crippen LogP contribution in [0.3, 0.4) is 0 Å². The van der Waals surface area contributed by atoms with E-state index in [1.807, 2.05) is 0 Å². The van der Waals surface area contributed by atoms with Crippen LogP contribution in [0.25, 0.3) is 0 Å². The second kappa shape index (κ2) is 5.23. The first-order chi connectivity index (χ1) is 8.97. The molecule has 0 unspecified atom stereocenters. The fourth-order valence-corrected chi connectivity index (χ4v) is 2.09. The minimum Gasteiger partial charge on any atom is -0.481 e. The molecule has 1 aliphatic rings. The Balaban J connectivity index is 2.32. The minimum absolute atomic E-state index is 0.146. The lowest BCUT2D eigenvalue weighted by atomic mass is 10.1. The molecule has 0 radical (unpaired) electrons. The van der Waals surface area contributed by atoms with Crippen molar-refractivity contribution in [2.24, 2.45) is 0 Å². The minimum atomic E-state index is -1.03. The molecule has 4 N–H and O–H groups in total. The second-order valence-electron chi connectivity index (χ2n) is 4.19. The summed E-state index contributed by atoms with van der Waals surface area (Å²) in [6.07, 6.45) is -0.164. The molecule has 0 saturated heterocycles. The van der Waals surface area contributed by atoms with Crippen LogP contribution in [0.4, 0.5) is 5.69 Å². The Hall–Kier alpha value is -2.15. The maximum Gasteiger partial charge on any atom is 0.335 e. The van der Waals surface area contributed by atoms with Gasteiger partial charge in [0.15, 0.2) is 0 Å². The van der Waals surface area contributed by atoms with E-state index in [-0.39, 0.29) is 12.0 Å². The summed E-state index contributed by atoms with van der Waals surface area (Å²) in [7, 11) is 0. The van der Waals surface area contributed by atoms with Crippen LogP contribution in [0.5, 0.6) is 0 Å². The molecule has 1 aliphatic heterocycles. The maximum absolute atomic E-state index is 10.9. The number of thiocarbonyl (C=S) groups is 1. The van der Waals surface area contributed by atoms with Crippen molar-refractivity contribution in [3.63, 3.8) is 0 Å². The van der Waals surface area contributed by atoms with Gasteiger partial charge in [-0.2, -0.15) is 0 Å². The lowest BCUT2D eigenvalue weighted by Crippen LogP contribution is -2.37. The second-order valence-corrected chi connectivity index (χ2v) is 4.63. The SMILES string of the molecule is O=C(O)C[C@H]1Nc2cc(C(=O)O)ccc2CNC1=S. The Kier molecular flexibility index (Phi) is 3.66. The van der Waals surface area contributed by atoms with E-state index < -0.39 is 18.0 Å². The highest BCUT2D eigenvalue weighted by molar-refractivity contribution is 7.80. The molecule has 0 bridgehead atoms. The monoisotopic (exact) mass is 280 g/mol. The average molecular weight is 280 g/mol. The molecule has 100 valence electrons. The van der Waals surface area contributed by atoms with Crippen molar-refractivity contribution < 1.29 is 19.8 Å². The van der Waals surface area contributed by atoms with E-state index in [2.05, 4.69) is 10.6 Å². The van der Waals surface area contributed by atoms with E-state index in [0.717, 1.165) is 5.56 Å². The lowest BCUT2D eigenvalue weighted by Gasteiger charge is -2.16. The number of aliphatic carboxylic acids is 1. The zero-order chi connectivity index (χ0) is 14.0. The van der Waals surface area contributed by atoms with Crippen LogP contribution in [0.15, 0.2) is 18.2 Å². The molecule has 0 spiro atoms. The number of rotatable bonds is 3. The van der Waals surface area contributed by atoms with Crippen molar-refractivity contribution >= 4 is 34.8 Å². The number of nitrogens with one attached hydrogen (secondary N) is 2. The smallest absolute Gasteiger partial charge is 0.335 e. The normalized spacial score (nSPS) is 17.7. The summed E-state index contributed by atoms with van der Waals surface area (Å²) in [6, 6.07) is 4.13. The first-order valence-electron chi connectivity index (χ1n) is 5.59. The van der Waals surface area contributed by atoms with Gasteiger partial charge < -0.3 is 20.8 Å². The van der Waals surface area contributed by atoms with Crippen LogP contribution < -0.4 is 10.6 Å². The Morgan fingerprint density at radius 1 is 1.37 bits per heavy atom. The molecule has 0 fully saturated rings. The van der Waals surface area contributed by atoms with Gasteiger partial charge in [-0.3, -0.25) is 4.79 Å². The van der Waals surface area contributed by atoms with Crippen molar-refractivity contribution in [2.75, 3.05) is 5.32 Å². The van der Waals surface area contributed by atoms with Gasteiger partial charge in [0.1, 0.15) is 0 Å². The molecule has 1 aromatic carbocycles. The number of anilines is 1. The van der Waals surface area contributed by atoms with Crippen LogP contribution in [-0.4, -0.2) is 33.2 Å². The summed E-state index contributed by atoms with van der Waals surface area (Å²) >= 11 is 5.11. The topological polar surface area (TPSA) is 98.7 Å². The molecule has 1 heterocycles. The van der Waals surface area contributed by atoms with Crippen LogP contribution in [0.2, 0.25) is 0 Å². The highest BCUT2D eigenvalue weighted by Gasteiger charge is 2.23.